The number of carbonyl (C=O) groups excluding carboxylic acids is 1. The normalized spacial score (nSPS) is 9.93. The monoisotopic (exact) mass is 218 g/mol. The first-order valence-electron chi connectivity index (χ1n) is 5.12. The first kappa shape index (κ1) is 16.4. The molecule has 0 aliphatic rings. The summed E-state index contributed by atoms with van der Waals surface area (Å²) in [7, 11) is 1.40. The molecule has 0 fully saturated rings. The molecule has 0 aromatic rings. The van der Waals surface area contributed by atoms with Gasteiger partial charge in [0.25, 0.3) is 0 Å². The van der Waals surface area contributed by atoms with Crippen molar-refractivity contribution >= 4 is 11.9 Å². The predicted octanol–water partition coefficient (Wildman–Crippen LogP) is 2.47. The van der Waals surface area contributed by atoms with Crippen molar-refractivity contribution in [2.24, 2.45) is 5.41 Å². The van der Waals surface area contributed by atoms with Crippen LogP contribution in [0.5, 0.6) is 0 Å². The summed E-state index contributed by atoms with van der Waals surface area (Å²) >= 11 is 0. The number of aliphatic carboxylic acids is 1. The average Bonchev–Trinajstić information content (AvgIpc) is 2.19. The number of carboxylic acid groups (broad SMARTS) is 1. The Balaban J connectivity index is 0. The van der Waals surface area contributed by atoms with Gasteiger partial charge in [-0.15, -0.1) is 0 Å². The summed E-state index contributed by atoms with van der Waals surface area (Å²) in [4.78, 5) is 20.4. The van der Waals surface area contributed by atoms with Crippen molar-refractivity contribution in [2.75, 3.05) is 7.11 Å². The molecular formula is C11H22O4. The van der Waals surface area contributed by atoms with Crippen LogP contribution in [0.25, 0.3) is 0 Å². The second-order valence-corrected chi connectivity index (χ2v) is 3.87. The molecule has 0 saturated carbocycles. The van der Waals surface area contributed by atoms with E-state index in [1.54, 1.807) is 13.8 Å². The molecule has 4 heteroatoms. The Hall–Kier alpha value is -1.06. The zero-order valence-corrected chi connectivity index (χ0v) is 10.3. The van der Waals surface area contributed by atoms with Crippen LogP contribution in [0.4, 0.5) is 0 Å². The molecule has 0 spiro atoms. The lowest BCUT2D eigenvalue weighted by atomic mass is 9.91. The van der Waals surface area contributed by atoms with Gasteiger partial charge in [0.1, 0.15) is 0 Å². The fourth-order valence-corrected chi connectivity index (χ4v) is 0.457. The molecule has 0 heterocycles. The van der Waals surface area contributed by atoms with Gasteiger partial charge in [0, 0.05) is 6.42 Å². The molecule has 0 aliphatic heterocycles. The molecule has 90 valence electrons. The van der Waals surface area contributed by atoms with E-state index in [0.717, 1.165) is 6.42 Å². The molecule has 0 bridgehead atoms. The fraction of sp³-hybridized carbons (Fsp3) is 0.818. The minimum Gasteiger partial charge on any atom is -0.481 e. The van der Waals surface area contributed by atoms with Gasteiger partial charge in [-0.2, -0.15) is 0 Å². The molecule has 0 rings (SSSR count). The SMILES string of the molecule is CCC(C)(C)C(=O)O.CCCC(=O)OC. The molecule has 4 nitrogen and oxygen atoms in total. The van der Waals surface area contributed by atoms with Gasteiger partial charge in [0.15, 0.2) is 0 Å². The van der Waals surface area contributed by atoms with Crippen molar-refractivity contribution in [3.63, 3.8) is 0 Å². The maximum absolute atomic E-state index is 10.3. The molecule has 1 N–H and O–H groups in total. The van der Waals surface area contributed by atoms with E-state index in [2.05, 4.69) is 4.74 Å². The zero-order chi connectivity index (χ0) is 12.5. The Kier molecular flexibility index (Phi) is 9.02. The summed E-state index contributed by atoms with van der Waals surface area (Å²) in [5.74, 6) is -0.845. The lowest BCUT2D eigenvalue weighted by molar-refractivity contribution is -0.147. The fourth-order valence-electron chi connectivity index (χ4n) is 0.457. The lowest BCUT2D eigenvalue weighted by Crippen LogP contribution is -2.21. The number of ether oxygens (including phenoxy) is 1. The van der Waals surface area contributed by atoms with Gasteiger partial charge in [-0.25, -0.2) is 0 Å². The number of esters is 1. The summed E-state index contributed by atoms with van der Waals surface area (Å²) < 4.78 is 4.35. The highest BCUT2D eigenvalue weighted by Gasteiger charge is 2.23. The third-order valence-corrected chi connectivity index (χ3v) is 2.14. The van der Waals surface area contributed by atoms with Crippen molar-refractivity contribution in [3.05, 3.63) is 0 Å². The highest BCUT2D eigenvalue weighted by Crippen LogP contribution is 2.18. The second kappa shape index (κ2) is 8.26. The molecule has 0 radical (unpaired) electrons. The highest BCUT2D eigenvalue weighted by molar-refractivity contribution is 5.73. The Morgan fingerprint density at radius 2 is 1.73 bits per heavy atom. The van der Waals surface area contributed by atoms with Crippen LogP contribution < -0.4 is 0 Å². The van der Waals surface area contributed by atoms with Crippen LogP contribution in [-0.2, 0) is 14.3 Å². The van der Waals surface area contributed by atoms with Crippen LogP contribution in [0.1, 0.15) is 47.0 Å². The number of hydrogen-bond donors (Lipinski definition) is 1. The Morgan fingerprint density at radius 3 is 1.80 bits per heavy atom. The quantitative estimate of drug-likeness (QED) is 0.736. The van der Waals surface area contributed by atoms with Gasteiger partial charge in [0.05, 0.1) is 12.5 Å². The van der Waals surface area contributed by atoms with Crippen LogP contribution >= 0.6 is 0 Å². The molecule has 0 unspecified atom stereocenters. The Bertz CT molecular complexity index is 197. The van der Waals surface area contributed by atoms with Crippen molar-refractivity contribution in [3.8, 4) is 0 Å². The average molecular weight is 218 g/mol. The summed E-state index contributed by atoms with van der Waals surface area (Å²) in [5, 5.41) is 8.44. The molecule has 0 aromatic carbocycles. The molecular weight excluding hydrogens is 196 g/mol. The van der Waals surface area contributed by atoms with Gasteiger partial charge >= 0.3 is 11.9 Å². The topological polar surface area (TPSA) is 63.6 Å². The molecule has 0 saturated heterocycles. The molecule has 0 atom stereocenters. The van der Waals surface area contributed by atoms with E-state index in [-0.39, 0.29) is 5.97 Å². The first-order valence-corrected chi connectivity index (χ1v) is 5.12. The molecule has 0 aliphatic carbocycles. The van der Waals surface area contributed by atoms with E-state index in [4.69, 9.17) is 5.11 Å². The number of carboxylic acids is 1. The van der Waals surface area contributed by atoms with Gasteiger partial charge in [-0.3, -0.25) is 9.59 Å². The zero-order valence-electron chi connectivity index (χ0n) is 10.3. The highest BCUT2D eigenvalue weighted by atomic mass is 16.5. The van der Waals surface area contributed by atoms with Gasteiger partial charge in [-0.05, 0) is 26.7 Å². The smallest absolute Gasteiger partial charge is 0.309 e. The van der Waals surface area contributed by atoms with E-state index in [1.807, 2.05) is 13.8 Å². The molecule has 15 heavy (non-hydrogen) atoms. The number of methoxy groups -OCH3 is 1. The number of rotatable bonds is 4. The minimum atomic E-state index is -0.722. The largest absolute Gasteiger partial charge is 0.481 e. The Labute approximate surface area is 91.6 Å². The van der Waals surface area contributed by atoms with Crippen LogP contribution in [0.3, 0.4) is 0 Å². The van der Waals surface area contributed by atoms with Gasteiger partial charge in [-0.1, -0.05) is 13.8 Å². The van der Waals surface area contributed by atoms with Crippen molar-refractivity contribution in [1.82, 2.24) is 0 Å². The third kappa shape index (κ3) is 9.25. The minimum absolute atomic E-state index is 0.123. The predicted molar refractivity (Wildman–Crippen MR) is 58.6 cm³/mol. The Morgan fingerprint density at radius 1 is 1.27 bits per heavy atom. The van der Waals surface area contributed by atoms with Gasteiger partial charge in [0.2, 0.25) is 0 Å². The molecule has 0 amide bonds. The van der Waals surface area contributed by atoms with Gasteiger partial charge < -0.3 is 9.84 Å². The maximum Gasteiger partial charge on any atom is 0.309 e. The van der Waals surface area contributed by atoms with Crippen LogP contribution in [0.15, 0.2) is 0 Å². The summed E-state index contributed by atoms with van der Waals surface area (Å²) in [6, 6.07) is 0. The second-order valence-electron chi connectivity index (χ2n) is 3.87. The summed E-state index contributed by atoms with van der Waals surface area (Å²) in [5.41, 5.74) is -0.542. The van der Waals surface area contributed by atoms with Crippen molar-refractivity contribution < 1.29 is 19.4 Å². The number of carbonyl (C=O) groups is 2. The van der Waals surface area contributed by atoms with Crippen LogP contribution in [0, 0.1) is 5.41 Å². The van der Waals surface area contributed by atoms with E-state index >= 15 is 0 Å². The van der Waals surface area contributed by atoms with Crippen LogP contribution in [-0.4, -0.2) is 24.2 Å². The summed E-state index contributed by atoms with van der Waals surface area (Å²) in [6.07, 6.45) is 2.09. The van der Waals surface area contributed by atoms with E-state index < -0.39 is 11.4 Å². The van der Waals surface area contributed by atoms with E-state index in [9.17, 15) is 9.59 Å². The third-order valence-electron chi connectivity index (χ3n) is 2.14. The van der Waals surface area contributed by atoms with Crippen molar-refractivity contribution in [1.29, 1.82) is 0 Å². The summed E-state index contributed by atoms with van der Waals surface area (Å²) in [6.45, 7) is 7.25. The number of hydrogen-bond acceptors (Lipinski definition) is 3. The lowest BCUT2D eigenvalue weighted by Gasteiger charge is -2.14. The van der Waals surface area contributed by atoms with Crippen molar-refractivity contribution in [2.45, 2.75) is 47.0 Å². The standard InChI is InChI=1S/C6H12O2.C5H10O2/c1-4-6(2,3)5(7)8;1-3-4-5(6)7-2/h4H2,1-3H3,(H,7,8);3-4H2,1-2H3. The van der Waals surface area contributed by atoms with E-state index in [0.29, 0.717) is 12.8 Å². The van der Waals surface area contributed by atoms with Crippen LogP contribution in [0.2, 0.25) is 0 Å². The first-order chi connectivity index (χ1) is 6.81. The maximum atomic E-state index is 10.3. The van der Waals surface area contributed by atoms with E-state index in [1.165, 1.54) is 7.11 Å². The molecule has 0 aromatic heterocycles.